The zero-order valence-corrected chi connectivity index (χ0v) is 11.3. The summed E-state index contributed by atoms with van der Waals surface area (Å²) in [6, 6.07) is 13.2. The van der Waals surface area contributed by atoms with Crippen LogP contribution in [0.1, 0.15) is 20.9 Å². The van der Waals surface area contributed by atoms with E-state index in [4.69, 9.17) is 4.42 Å². The summed E-state index contributed by atoms with van der Waals surface area (Å²) in [7, 11) is 0. The Morgan fingerprint density at radius 1 is 1.20 bits per heavy atom. The highest BCUT2D eigenvalue weighted by Gasteiger charge is 2.19. The molecule has 2 aromatic heterocycles. The molecule has 0 atom stereocenters. The molecule has 0 aliphatic heterocycles. The molecule has 0 saturated carbocycles. The average Bonchev–Trinajstić information content (AvgIpc) is 3.08. The second-order valence-electron chi connectivity index (χ2n) is 4.24. The van der Waals surface area contributed by atoms with Gasteiger partial charge in [-0.1, -0.05) is 30.3 Å². The van der Waals surface area contributed by atoms with Gasteiger partial charge in [0, 0.05) is 6.42 Å². The molecule has 0 radical (unpaired) electrons. The molecular weight excluding hydrogens is 274 g/mol. The fourth-order valence-electron chi connectivity index (χ4n) is 1.93. The highest BCUT2D eigenvalue weighted by Crippen LogP contribution is 2.29. The van der Waals surface area contributed by atoms with Gasteiger partial charge < -0.3 is 9.52 Å². The highest BCUT2D eigenvalue weighted by atomic mass is 32.1. The molecule has 20 heavy (non-hydrogen) atoms. The van der Waals surface area contributed by atoms with Crippen molar-refractivity contribution in [2.45, 2.75) is 6.42 Å². The molecule has 0 spiro atoms. The molecule has 2 heterocycles. The van der Waals surface area contributed by atoms with Crippen molar-refractivity contribution in [3.8, 4) is 10.8 Å². The minimum absolute atomic E-state index is 0.264. The van der Waals surface area contributed by atoms with Crippen molar-refractivity contribution in [3.05, 3.63) is 64.9 Å². The van der Waals surface area contributed by atoms with Crippen molar-refractivity contribution in [2.75, 3.05) is 0 Å². The lowest BCUT2D eigenvalue weighted by molar-refractivity contribution is 0.0701. The van der Waals surface area contributed by atoms with Crippen LogP contribution >= 0.6 is 11.3 Å². The van der Waals surface area contributed by atoms with Gasteiger partial charge in [0.05, 0.1) is 12.0 Å². The second-order valence-corrected chi connectivity index (χ2v) is 5.24. The van der Waals surface area contributed by atoms with E-state index in [1.807, 2.05) is 30.3 Å². The summed E-state index contributed by atoms with van der Waals surface area (Å²) in [5.74, 6) is -0.358. The Balaban J connectivity index is 1.99. The Morgan fingerprint density at radius 2 is 2.00 bits per heavy atom. The number of carboxylic acids is 1. The first-order valence-corrected chi connectivity index (χ1v) is 6.86. The summed E-state index contributed by atoms with van der Waals surface area (Å²) in [6.45, 7) is 0. The Labute approximate surface area is 119 Å². The zero-order valence-electron chi connectivity index (χ0n) is 10.4. The summed E-state index contributed by atoms with van der Waals surface area (Å²) in [4.78, 5) is 16.0. The van der Waals surface area contributed by atoms with Crippen molar-refractivity contribution in [1.82, 2.24) is 4.98 Å². The van der Waals surface area contributed by atoms with Crippen molar-refractivity contribution in [1.29, 1.82) is 0 Å². The lowest BCUT2D eigenvalue weighted by atomic mass is 10.1. The topological polar surface area (TPSA) is 63.3 Å². The fraction of sp³-hybridized carbons (Fsp3) is 0.0667. The first kappa shape index (κ1) is 12.6. The molecule has 1 aromatic carbocycles. The van der Waals surface area contributed by atoms with Gasteiger partial charge in [0.2, 0.25) is 0 Å². The van der Waals surface area contributed by atoms with Gasteiger partial charge in [0.1, 0.15) is 4.88 Å². The molecule has 5 heteroatoms. The van der Waals surface area contributed by atoms with Gasteiger partial charge in [0.25, 0.3) is 0 Å². The molecule has 1 N–H and O–H groups in total. The lowest BCUT2D eigenvalue weighted by Gasteiger charge is -1.98. The normalized spacial score (nSPS) is 10.6. The molecule has 4 nitrogen and oxygen atoms in total. The first-order valence-electron chi connectivity index (χ1n) is 6.05. The van der Waals surface area contributed by atoms with E-state index in [0.717, 1.165) is 16.9 Å². The number of nitrogens with zero attached hydrogens (tertiary/aromatic N) is 1. The molecule has 0 aliphatic rings. The van der Waals surface area contributed by atoms with Crippen molar-refractivity contribution >= 4 is 17.3 Å². The van der Waals surface area contributed by atoms with Crippen LogP contribution in [-0.2, 0) is 6.42 Å². The first-order chi connectivity index (χ1) is 9.74. The van der Waals surface area contributed by atoms with Gasteiger partial charge in [0.15, 0.2) is 10.8 Å². The number of benzene rings is 1. The molecule has 0 fully saturated rings. The van der Waals surface area contributed by atoms with Crippen LogP contribution in [0.2, 0.25) is 0 Å². The van der Waals surface area contributed by atoms with E-state index < -0.39 is 5.97 Å². The van der Waals surface area contributed by atoms with Crippen LogP contribution in [-0.4, -0.2) is 16.1 Å². The van der Waals surface area contributed by atoms with Gasteiger partial charge in [-0.15, -0.1) is 11.3 Å². The quantitative estimate of drug-likeness (QED) is 0.794. The molecular formula is C15H11NO3S. The van der Waals surface area contributed by atoms with Crippen LogP contribution in [0.5, 0.6) is 0 Å². The number of thiazole rings is 1. The second kappa shape index (κ2) is 5.30. The summed E-state index contributed by atoms with van der Waals surface area (Å²) in [5.41, 5.74) is 1.60. The Bertz CT molecular complexity index is 717. The standard InChI is InChI=1S/C15H11NO3S/c17-15(18)13-11(9-10-5-2-1-3-6-10)16-14(20-13)12-7-4-8-19-12/h1-8H,9H2,(H,17,18). The van der Waals surface area contributed by atoms with Gasteiger partial charge in [-0.2, -0.15) is 0 Å². The minimum atomic E-state index is -0.953. The van der Waals surface area contributed by atoms with E-state index in [9.17, 15) is 9.90 Å². The average molecular weight is 285 g/mol. The summed E-state index contributed by atoms with van der Waals surface area (Å²) in [5, 5.41) is 9.89. The molecule has 3 aromatic rings. The van der Waals surface area contributed by atoms with Crippen molar-refractivity contribution in [2.24, 2.45) is 0 Å². The number of aromatic carboxylic acids is 1. The summed E-state index contributed by atoms with van der Waals surface area (Å²) in [6.07, 6.45) is 2.05. The van der Waals surface area contributed by atoms with Crippen molar-refractivity contribution < 1.29 is 14.3 Å². The Kier molecular flexibility index (Phi) is 3.35. The predicted molar refractivity (Wildman–Crippen MR) is 76.0 cm³/mol. The van der Waals surface area contributed by atoms with Gasteiger partial charge in [-0.3, -0.25) is 0 Å². The number of carboxylic acid groups (broad SMARTS) is 1. The minimum Gasteiger partial charge on any atom is -0.477 e. The van der Waals surface area contributed by atoms with Crippen LogP contribution in [0.25, 0.3) is 10.8 Å². The number of hydrogen-bond donors (Lipinski definition) is 1. The van der Waals surface area contributed by atoms with Crippen LogP contribution in [0.4, 0.5) is 0 Å². The number of rotatable bonds is 4. The molecule has 0 aliphatic carbocycles. The fourth-order valence-corrected chi connectivity index (χ4v) is 2.82. The number of furan rings is 1. The Hall–Kier alpha value is -2.40. The van der Waals surface area contributed by atoms with Crippen LogP contribution in [0, 0.1) is 0 Å². The van der Waals surface area contributed by atoms with Gasteiger partial charge in [-0.05, 0) is 17.7 Å². The van der Waals surface area contributed by atoms with E-state index in [2.05, 4.69) is 4.98 Å². The summed E-state index contributed by atoms with van der Waals surface area (Å²) >= 11 is 1.14. The molecule has 0 amide bonds. The van der Waals surface area contributed by atoms with E-state index in [-0.39, 0.29) is 4.88 Å². The van der Waals surface area contributed by atoms with Crippen LogP contribution < -0.4 is 0 Å². The Morgan fingerprint density at radius 3 is 2.65 bits per heavy atom. The number of hydrogen-bond acceptors (Lipinski definition) is 4. The maximum absolute atomic E-state index is 11.3. The zero-order chi connectivity index (χ0) is 13.9. The van der Waals surface area contributed by atoms with E-state index in [1.54, 1.807) is 18.4 Å². The SMILES string of the molecule is O=C(O)c1sc(-c2ccco2)nc1Cc1ccccc1. The highest BCUT2D eigenvalue weighted by molar-refractivity contribution is 7.16. The largest absolute Gasteiger partial charge is 0.477 e. The van der Waals surface area contributed by atoms with Crippen LogP contribution in [0.3, 0.4) is 0 Å². The third kappa shape index (κ3) is 2.48. The van der Waals surface area contributed by atoms with E-state index >= 15 is 0 Å². The summed E-state index contributed by atoms with van der Waals surface area (Å²) < 4.78 is 5.27. The smallest absolute Gasteiger partial charge is 0.347 e. The number of aromatic nitrogens is 1. The molecule has 100 valence electrons. The third-order valence-corrected chi connectivity index (χ3v) is 3.94. The molecule has 0 saturated heterocycles. The van der Waals surface area contributed by atoms with E-state index in [1.165, 1.54) is 0 Å². The lowest BCUT2D eigenvalue weighted by Crippen LogP contribution is -1.99. The maximum Gasteiger partial charge on any atom is 0.347 e. The van der Waals surface area contributed by atoms with Crippen molar-refractivity contribution in [3.63, 3.8) is 0 Å². The monoisotopic (exact) mass is 285 g/mol. The third-order valence-electron chi connectivity index (χ3n) is 2.84. The maximum atomic E-state index is 11.3. The predicted octanol–water partition coefficient (Wildman–Crippen LogP) is 3.69. The van der Waals surface area contributed by atoms with Gasteiger partial charge >= 0.3 is 5.97 Å². The van der Waals surface area contributed by atoms with Crippen LogP contribution in [0.15, 0.2) is 53.1 Å². The molecule has 3 rings (SSSR count). The molecule has 0 bridgehead atoms. The van der Waals surface area contributed by atoms with Gasteiger partial charge in [-0.25, -0.2) is 9.78 Å². The van der Waals surface area contributed by atoms with E-state index in [0.29, 0.717) is 22.9 Å². The number of carbonyl (C=O) groups is 1. The molecule has 0 unspecified atom stereocenters.